The highest BCUT2D eigenvalue weighted by Crippen LogP contribution is 2.19. The summed E-state index contributed by atoms with van der Waals surface area (Å²) >= 11 is 0. The molecule has 0 atom stereocenters. The Kier molecular flexibility index (Phi) is 8.15. The molecule has 0 saturated heterocycles. The zero-order valence-corrected chi connectivity index (χ0v) is 21.1. The van der Waals surface area contributed by atoms with Crippen molar-refractivity contribution in [1.82, 2.24) is 19.1 Å². The Morgan fingerprint density at radius 3 is 2.39 bits per heavy atom. The summed E-state index contributed by atoms with van der Waals surface area (Å²) < 4.78 is 37.2. The average Bonchev–Trinajstić information content (AvgIpc) is 2.89. The number of benzene rings is 2. The highest BCUT2D eigenvalue weighted by molar-refractivity contribution is 5.35. The molecule has 0 aliphatic rings. The van der Waals surface area contributed by atoms with Gasteiger partial charge in [-0.25, -0.2) is 14.2 Å². The minimum absolute atomic E-state index is 0.00365. The van der Waals surface area contributed by atoms with E-state index in [0.29, 0.717) is 16.9 Å². The van der Waals surface area contributed by atoms with Crippen LogP contribution in [0.3, 0.4) is 0 Å². The molecule has 2 aromatic heterocycles. The predicted octanol–water partition coefficient (Wildman–Crippen LogP) is 3.74. The number of para-hydroxylation sites is 1. The Morgan fingerprint density at radius 2 is 1.71 bits per heavy atom. The van der Waals surface area contributed by atoms with E-state index >= 15 is 0 Å². The largest absolute Gasteiger partial charge is 0.496 e. The Bertz CT molecular complexity index is 1530. The van der Waals surface area contributed by atoms with Crippen molar-refractivity contribution in [3.8, 4) is 11.5 Å². The zero-order chi connectivity index (χ0) is 27.2. The second-order valence-corrected chi connectivity index (χ2v) is 8.61. The Hall–Kier alpha value is -4.54. The Labute approximate surface area is 217 Å². The number of pyridine rings is 1. The molecule has 0 bridgehead atoms. The molecule has 1 N–H and O–H groups in total. The van der Waals surface area contributed by atoms with Gasteiger partial charge in [0.25, 0.3) is 0 Å². The Balaban J connectivity index is 1.72. The number of hydrogen-bond acceptors (Lipinski definition) is 7. The van der Waals surface area contributed by atoms with E-state index in [2.05, 4.69) is 20.0 Å². The first-order chi connectivity index (χ1) is 18.2. The normalized spacial score (nSPS) is 11.0. The standard InChI is InChI=1S/C27H27F2N5O4/c1-17-12-18(2)30-13-21(17)14-31-25-32-26(35)34(16-20-6-4-5-7-23(20)37-3)27(36)33(25)15-19-8-10-22(11-9-19)38-24(28)29/h4-13,24H,14-16H2,1-3H3,(H,31,32,35). The second-order valence-electron chi connectivity index (χ2n) is 8.61. The van der Waals surface area contributed by atoms with Crippen molar-refractivity contribution in [2.75, 3.05) is 12.4 Å². The molecule has 0 aliphatic carbocycles. The van der Waals surface area contributed by atoms with Crippen LogP contribution in [-0.2, 0) is 19.6 Å². The van der Waals surface area contributed by atoms with Gasteiger partial charge in [-0.2, -0.15) is 13.8 Å². The van der Waals surface area contributed by atoms with Gasteiger partial charge >= 0.3 is 18.0 Å². The number of rotatable bonds is 10. The van der Waals surface area contributed by atoms with Crippen LogP contribution in [0.1, 0.15) is 27.9 Å². The fourth-order valence-electron chi connectivity index (χ4n) is 3.99. The third-order valence-corrected chi connectivity index (χ3v) is 5.95. The number of nitrogens with one attached hydrogen (secondary N) is 1. The number of aromatic nitrogens is 4. The number of hydrogen-bond donors (Lipinski definition) is 1. The van der Waals surface area contributed by atoms with Crippen LogP contribution in [0.25, 0.3) is 0 Å². The molecule has 0 unspecified atom stereocenters. The lowest BCUT2D eigenvalue weighted by Gasteiger charge is -2.17. The molecule has 2 heterocycles. The molecule has 38 heavy (non-hydrogen) atoms. The van der Waals surface area contributed by atoms with E-state index in [4.69, 9.17) is 4.74 Å². The van der Waals surface area contributed by atoms with Crippen molar-refractivity contribution in [1.29, 1.82) is 0 Å². The summed E-state index contributed by atoms with van der Waals surface area (Å²) in [6, 6.07) is 14.9. The van der Waals surface area contributed by atoms with Gasteiger partial charge in [-0.3, -0.25) is 9.55 Å². The van der Waals surface area contributed by atoms with Crippen LogP contribution in [0, 0.1) is 13.8 Å². The number of halogens is 2. The molecule has 198 valence electrons. The van der Waals surface area contributed by atoms with Gasteiger partial charge in [0.2, 0.25) is 5.95 Å². The number of nitrogens with zero attached hydrogens (tertiary/aromatic N) is 4. The first kappa shape index (κ1) is 26.5. The van der Waals surface area contributed by atoms with Gasteiger partial charge in [0, 0.05) is 24.0 Å². The number of ether oxygens (including phenoxy) is 2. The van der Waals surface area contributed by atoms with Crippen molar-refractivity contribution in [2.24, 2.45) is 0 Å². The van der Waals surface area contributed by atoms with Crippen LogP contribution >= 0.6 is 0 Å². The van der Waals surface area contributed by atoms with Crippen LogP contribution < -0.4 is 26.2 Å². The summed E-state index contributed by atoms with van der Waals surface area (Å²) in [6.45, 7) is 1.16. The molecule has 9 nitrogen and oxygen atoms in total. The van der Waals surface area contributed by atoms with E-state index in [0.717, 1.165) is 21.4 Å². The topological polar surface area (TPSA) is 100 Å². The minimum atomic E-state index is -2.94. The van der Waals surface area contributed by atoms with Crippen molar-refractivity contribution in [2.45, 2.75) is 40.1 Å². The Morgan fingerprint density at radius 1 is 0.974 bits per heavy atom. The van der Waals surface area contributed by atoms with Crippen LogP contribution in [0.2, 0.25) is 0 Å². The molecule has 0 aliphatic heterocycles. The SMILES string of the molecule is COc1ccccc1Cn1c(=O)nc(NCc2cnc(C)cc2C)n(Cc2ccc(OC(F)F)cc2)c1=O. The van der Waals surface area contributed by atoms with E-state index in [-0.39, 0.29) is 31.3 Å². The monoisotopic (exact) mass is 523 g/mol. The lowest BCUT2D eigenvalue weighted by Crippen LogP contribution is -2.43. The van der Waals surface area contributed by atoms with E-state index < -0.39 is 18.0 Å². The third kappa shape index (κ3) is 6.23. The molecule has 11 heteroatoms. The van der Waals surface area contributed by atoms with Crippen LogP contribution in [0.15, 0.2) is 70.4 Å². The quantitative estimate of drug-likeness (QED) is 0.338. The lowest BCUT2D eigenvalue weighted by molar-refractivity contribution is -0.0498. The highest BCUT2D eigenvalue weighted by atomic mass is 19.3. The van der Waals surface area contributed by atoms with Gasteiger partial charge in [0.1, 0.15) is 11.5 Å². The molecule has 2 aromatic carbocycles. The number of alkyl halides is 2. The molecule has 0 radical (unpaired) electrons. The number of aryl methyl sites for hydroxylation is 2. The maximum absolute atomic E-state index is 13.6. The summed E-state index contributed by atoms with van der Waals surface area (Å²) in [4.78, 5) is 35.1. The molecule has 4 rings (SSSR count). The highest BCUT2D eigenvalue weighted by Gasteiger charge is 2.16. The smallest absolute Gasteiger partial charge is 0.387 e. The summed E-state index contributed by atoms with van der Waals surface area (Å²) in [6.07, 6.45) is 1.73. The van der Waals surface area contributed by atoms with Crippen molar-refractivity contribution < 1.29 is 18.3 Å². The molecule has 0 spiro atoms. The van der Waals surface area contributed by atoms with Crippen molar-refractivity contribution in [3.63, 3.8) is 0 Å². The molecular weight excluding hydrogens is 496 g/mol. The van der Waals surface area contributed by atoms with Crippen LogP contribution in [-0.4, -0.2) is 32.8 Å². The first-order valence-electron chi connectivity index (χ1n) is 11.8. The third-order valence-electron chi connectivity index (χ3n) is 5.95. The number of anilines is 1. The van der Waals surface area contributed by atoms with E-state index in [1.54, 1.807) is 42.6 Å². The van der Waals surface area contributed by atoms with Crippen LogP contribution in [0.4, 0.5) is 14.7 Å². The zero-order valence-electron chi connectivity index (χ0n) is 21.1. The van der Waals surface area contributed by atoms with Gasteiger partial charge in [-0.15, -0.1) is 0 Å². The maximum atomic E-state index is 13.6. The maximum Gasteiger partial charge on any atom is 0.387 e. The summed E-state index contributed by atoms with van der Waals surface area (Å²) in [5.41, 5.74) is 2.69. The fourth-order valence-corrected chi connectivity index (χ4v) is 3.99. The predicted molar refractivity (Wildman–Crippen MR) is 138 cm³/mol. The minimum Gasteiger partial charge on any atom is -0.496 e. The fraction of sp³-hybridized carbons (Fsp3) is 0.259. The summed E-state index contributed by atoms with van der Waals surface area (Å²) in [5.74, 6) is 0.602. The summed E-state index contributed by atoms with van der Waals surface area (Å²) in [7, 11) is 1.51. The van der Waals surface area contributed by atoms with Crippen LogP contribution in [0.5, 0.6) is 11.5 Å². The van der Waals surface area contributed by atoms with Gasteiger partial charge in [0.05, 0.1) is 20.2 Å². The van der Waals surface area contributed by atoms with E-state index in [1.807, 2.05) is 19.9 Å². The van der Waals surface area contributed by atoms with Crippen molar-refractivity contribution in [3.05, 3.63) is 110 Å². The molecule has 0 fully saturated rings. The van der Waals surface area contributed by atoms with Gasteiger partial charge < -0.3 is 14.8 Å². The molecular formula is C27H27F2N5O4. The summed E-state index contributed by atoms with van der Waals surface area (Å²) in [5, 5.41) is 3.09. The van der Waals surface area contributed by atoms with Crippen molar-refractivity contribution >= 4 is 5.95 Å². The molecule has 0 saturated carbocycles. The molecule has 4 aromatic rings. The lowest BCUT2D eigenvalue weighted by atomic mass is 10.1. The first-order valence-corrected chi connectivity index (χ1v) is 11.8. The van der Waals surface area contributed by atoms with Gasteiger partial charge in [-0.05, 0) is 54.8 Å². The van der Waals surface area contributed by atoms with Gasteiger partial charge in [0.15, 0.2) is 0 Å². The number of methoxy groups -OCH3 is 1. The van der Waals surface area contributed by atoms with E-state index in [1.165, 1.54) is 23.8 Å². The second kappa shape index (κ2) is 11.7. The molecule has 0 amide bonds. The average molecular weight is 524 g/mol. The van der Waals surface area contributed by atoms with Gasteiger partial charge in [-0.1, -0.05) is 30.3 Å². The van der Waals surface area contributed by atoms with E-state index in [9.17, 15) is 18.4 Å².